The SMILES string of the molecule is CC(NS(=O)(=O)c1ccc(CO)cc1F)c1ccccn1. The molecule has 0 saturated carbocycles. The number of sulfonamides is 1. The molecule has 21 heavy (non-hydrogen) atoms. The number of nitrogens with one attached hydrogen (secondary N) is 1. The number of halogens is 1. The molecule has 0 bridgehead atoms. The minimum atomic E-state index is -4.01. The number of pyridine rings is 1. The van der Waals surface area contributed by atoms with Crippen molar-refractivity contribution in [1.82, 2.24) is 9.71 Å². The van der Waals surface area contributed by atoms with E-state index in [0.29, 0.717) is 11.3 Å². The van der Waals surface area contributed by atoms with Gasteiger partial charge >= 0.3 is 0 Å². The average Bonchev–Trinajstić information content (AvgIpc) is 2.47. The molecule has 5 nitrogen and oxygen atoms in total. The highest BCUT2D eigenvalue weighted by molar-refractivity contribution is 7.89. The van der Waals surface area contributed by atoms with Crippen LogP contribution in [0, 0.1) is 5.82 Å². The molecule has 7 heteroatoms. The Labute approximate surface area is 122 Å². The minimum Gasteiger partial charge on any atom is -0.392 e. The van der Waals surface area contributed by atoms with Crippen LogP contribution in [-0.2, 0) is 16.6 Å². The molecule has 1 unspecified atom stereocenters. The summed E-state index contributed by atoms with van der Waals surface area (Å²) < 4.78 is 40.6. The van der Waals surface area contributed by atoms with Crippen LogP contribution in [0.1, 0.15) is 24.2 Å². The molecule has 0 aliphatic heterocycles. The van der Waals surface area contributed by atoms with Gasteiger partial charge in [-0.25, -0.2) is 17.5 Å². The first-order valence-corrected chi connectivity index (χ1v) is 7.75. The smallest absolute Gasteiger partial charge is 0.244 e. The third kappa shape index (κ3) is 3.63. The number of benzene rings is 1. The Balaban J connectivity index is 2.26. The lowest BCUT2D eigenvalue weighted by Crippen LogP contribution is -2.28. The van der Waals surface area contributed by atoms with Crippen LogP contribution in [-0.4, -0.2) is 18.5 Å². The molecule has 0 fully saturated rings. The molecule has 2 rings (SSSR count). The average molecular weight is 310 g/mol. The predicted molar refractivity (Wildman–Crippen MR) is 75.3 cm³/mol. The van der Waals surface area contributed by atoms with E-state index in [4.69, 9.17) is 5.11 Å². The summed E-state index contributed by atoms with van der Waals surface area (Å²) >= 11 is 0. The van der Waals surface area contributed by atoms with Crippen molar-refractivity contribution in [2.75, 3.05) is 0 Å². The number of aliphatic hydroxyl groups is 1. The first-order chi connectivity index (χ1) is 9.94. The van der Waals surface area contributed by atoms with Gasteiger partial charge in [0.2, 0.25) is 10.0 Å². The Hall–Kier alpha value is -1.83. The number of aliphatic hydroxyl groups excluding tert-OH is 1. The third-order valence-corrected chi connectivity index (χ3v) is 4.51. The number of rotatable bonds is 5. The molecule has 0 amide bonds. The van der Waals surface area contributed by atoms with Crippen LogP contribution < -0.4 is 4.72 Å². The summed E-state index contributed by atoms with van der Waals surface area (Å²) in [4.78, 5) is 3.60. The standard InChI is InChI=1S/C14H15FN2O3S/c1-10(13-4-2-3-7-16-13)17-21(19,20)14-6-5-11(9-18)8-12(14)15/h2-8,10,17-18H,9H2,1H3. The lowest BCUT2D eigenvalue weighted by Gasteiger charge is -2.14. The summed E-state index contributed by atoms with van der Waals surface area (Å²) in [5, 5.41) is 8.91. The van der Waals surface area contributed by atoms with Crippen molar-refractivity contribution in [1.29, 1.82) is 0 Å². The fraction of sp³-hybridized carbons (Fsp3) is 0.214. The van der Waals surface area contributed by atoms with Gasteiger partial charge in [-0.3, -0.25) is 4.98 Å². The van der Waals surface area contributed by atoms with Crippen molar-refractivity contribution in [3.05, 3.63) is 59.7 Å². The zero-order valence-electron chi connectivity index (χ0n) is 11.3. The molecule has 112 valence electrons. The summed E-state index contributed by atoms with van der Waals surface area (Å²) in [5.74, 6) is -0.901. The van der Waals surface area contributed by atoms with Crippen molar-refractivity contribution in [3.63, 3.8) is 0 Å². The van der Waals surface area contributed by atoms with Crippen molar-refractivity contribution >= 4 is 10.0 Å². The summed E-state index contributed by atoms with van der Waals surface area (Å²) in [7, 11) is -4.01. The van der Waals surface area contributed by atoms with Crippen LogP contribution in [0.3, 0.4) is 0 Å². The van der Waals surface area contributed by atoms with Crippen molar-refractivity contribution in [3.8, 4) is 0 Å². The lowest BCUT2D eigenvalue weighted by molar-refractivity contribution is 0.281. The molecule has 0 aliphatic rings. The molecule has 1 aromatic carbocycles. The van der Waals surface area contributed by atoms with Gasteiger partial charge in [-0.15, -0.1) is 0 Å². The van der Waals surface area contributed by atoms with E-state index in [-0.39, 0.29) is 6.61 Å². The fourth-order valence-corrected chi connectivity index (χ4v) is 3.13. The molecule has 2 aromatic rings. The molecular formula is C14H15FN2O3S. The summed E-state index contributed by atoms with van der Waals surface area (Å²) in [6.45, 7) is 1.27. The number of hydrogen-bond donors (Lipinski definition) is 2. The van der Waals surface area contributed by atoms with E-state index in [2.05, 4.69) is 9.71 Å². The Morgan fingerprint density at radius 2 is 2.10 bits per heavy atom. The molecule has 0 radical (unpaired) electrons. The molecule has 0 aliphatic carbocycles. The Morgan fingerprint density at radius 1 is 1.33 bits per heavy atom. The number of aromatic nitrogens is 1. The molecule has 2 N–H and O–H groups in total. The zero-order valence-corrected chi connectivity index (χ0v) is 12.1. The largest absolute Gasteiger partial charge is 0.392 e. The van der Waals surface area contributed by atoms with Gasteiger partial charge < -0.3 is 5.11 Å². The van der Waals surface area contributed by atoms with Gasteiger partial charge in [0, 0.05) is 6.20 Å². The monoisotopic (exact) mass is 310 g/mol. The molecule has 0 spiro atoms. The normalized spacial score (nSPS) is 13.1. The van der Waals surface area contributed by atoms with E-state index >= 15 is 0 Å². The third-order valence-electron chi connectivity index (χ3n) is 2.93. The maximum Gasteiger partial charge on any atom is 0.244 e. The molecule has 1 aromatic heterocycles. The fourth-order valence-electron chi connectivity index (χ4n) is 1.85. The van der Waals surface area contributed by atoms with Gasteiger partial charge in [0.25, 0.3) is 0 Å². The van der Waals surface area contributed by atoms with Crippen molar-refractivity contribution < 1.29 is 17.9 Å². The minimum absolute atomic E-state index is 0.309. The van der Waals surface area contributed by atoms with Gasteiger partial charge in [0.05, 0.1) is 18.3 Å². The summed E-state index contributed by atoms with van der Waals surface area (Å²) in [6.07, 6.45) is 1.55. The highest BCUT2D eigenvalue weighted by Crippen LogP contribution is 2.19. The van der Waals surface area contributed by atoms with Crippen molar-refractivity contribution in [2.24, 2.45) is 0 Å². The van der Waals surface area contributed by atoms with E-state index in [1.807, 2.05) is 0 Å². The highest BCUT2D eigenvalue weighted by Gasteiger charge is 2.22. The number of hydrogen-bond acceptors (Lipinski definition) is 4. The van der Waals surface area contributed by atoms with Crippen LogP contribution in [0.2, 0.25) is 0 Å². The van der Waals surface area contributed by atoms with E-state index in [1.165, 1.54) is 6.07 Å². The molecular weight excluding hydrogens is 295 g/mol. The maximum atomic E-state index is 13.8. The maximum absolute atomic E-state index is 13.8. The second-order valence-corrected chi connectivity index (χ2v) is 6.20. The van der Waals surface area contributed by atoms with Gasteiger partial charge in [-0.1, -0.05) is 12.1 Å². The first-order valence-electron chi connectivity index (χ1n) is 6.26. The van der Waals surface area contributed by atoms with Crippen LogP contribution >= 0.6 is 0 Å². The van der Waals surface area contributed by atoms with Gasteiger partial charge in [-0.05, 0) is 36.8 Å². The molecule has 0 saturated heterocycles. The topological polar surface area (TPSA) is 79.3 Å². The van der Waals surface area contributed by atoms with E-state index in [9.17, 15) is 12.8 Å². The quantitative estimate of drug-likeness (QED) is 0.882. The second-order valence-electron chi connectivity index (χ2n) is 4.52. The predicted octanol–water partition coefficient (Wildman–Crippen LogP) is 1.75. The van der Waals surface area contributed by atoms with Gasteiger partial charge in [-0.2, -0.15) is 0 Å². The summed E-state index contributed by atoms with van der Waals surface area (Å²) in [6, 6.07) is 8.05. The van der Waals surface area contributed by atoms with E-state index in [0.717, 1.165) is 12.1 Å². The Bertz CT molecular complexity index is 720. The van der Waals surface area contributed by atoms with Gasteiger partial charge in [0.1, 0.15) is 10.7 Å². The number of nitrogens with zero attached hydrogens (tertiary/aromatic N) is 1. The van der Waals surface area contributed by atoms with Crippen LogP contribution in [0.5, 0.6) is 0 Å². The second kappa shape index (κ2) is 6.30. The van der Waals surface area contributed by atoms with E-state index < -0.39 is 26.8 Å². The van der Waals surface area contributed by atoms with Crippen LogP contribution in [0.25, 0.3) is 0 Å². The van der Waals surface area contributed by atoms with Crippen LogP contribution in [0.15, 0.2) is 47.5 Å². The highest BCUT2D eigenvalue weighted by atomic mass is 32.2. The van der Waals surface area contributed by atoms with E-state index in [1.54, 1.807) is 31.3 Å². The Kier molecular flexibility index (Phi) is 4.66. The lowest BCUT2D eigenvalue weighted by atomic mass is 10.2. The Morgan fingerprint density at radius 3 is 2.67 bits per heavy atom. The molecule has 1 heterocycles. The summed E-state index contributed by atoms with van der Waals surface area (Å²) in [5.41, 5.74) is 0.845. The molecule has 1 atom stereocenters. The first kappa shape index (κ1) is 15.6. The van der Waals surface area contributed by atoms with Gasteiger partial charge in [0.15, 0.2) is 0 Å². The van der Waals surface area contributed by atoms with Crippen LogP contribution in [0.4, 0.5) is 4.39 Å². The zero-order chi connectivity index (χ0) is 15.5. The van der Waals surface area contributed by atoms with Crippen molar-refractivity contribution in [2.45, 2.75) is 24.5 Å².